The zero-order valence-corrected chi connectivity index (χ0v) is 12.5. The van der Waals surface area contributed by atoms with E-state index in [2.05, 4.69) is 29.1 Å². The zero-order chi connectivity index (χ0) is 15.5. The average Bonchev–Trinajstić information content (AvgIpc) is 2.41. The number of nitrogens with one attached hydrogen (secondary N) is 1. The molecule has 1 aliphatic carbocycles. The van der Waals surface area contributed by atoms with E-state index in [0.717, 1.165) is 37.1 Å². The first-order chi connectivity index (χ1) is 9.83. The van der Waals surface area contributed by atoms with Crippen molar-refractivity contribution in [1.82, 2.24) is 15.3 Å². The number of hydrogen-bond acceptors (Lipinski definition) is 3. The molecule has 0 saturated heterocycles. The van der Waals surface area contributed by atoms with E-state index in [1.165, 1.54) is 0 Å². The number of rotatable bonds is 5. The van der Waals surface area contributed by atoms with Crippen molar-refractivity contribution in [3.05, 3.63) is 23.3 Å². The fourth-order valence-electron chi connectivity index (χ4n) is 2.57. The lowest BCUT2D eigenvalue weighted by Crippen LogP contribution is -2.32. The maximum atomic E-state index is 12.2. The minimum absolute atomic E-state index is 0.130. The molecule has 0 radical (unpaired) electrons. The highest BCUT2D eigenvalue weighted by Crippen LogP contribution is 2.25. The lowest BCUT2D eigenvalue weighted by Gasteiger charge is -2.25. The molecule has 0 aromatic carbocycles. The van der Waals surface area contributed by atoms with Crippen molar-refractivity contribution in [3.63, 3.8) is 0 Å². The van der Waals surface area contributed by atoms with Gasteiger partial charge in [0.05, 0.1) is 6.42 Å². The maximum absolute atomic E-state index is 12.2. The number of hydrogen-bond donors (Lipinski definition) is 1. The first kappa shape index (κ1) is 16.2. The Bertz CT molecular complexity index is 472. The summed E-state index contributed by atoms with van der Waals surface area (Å²) >= 11 is 0. The van der Waals surface area contributed by atoms with Gasteiger partial charge in [0.2, 0.25) is 0 Å². The molecular weight excluding hydrogens is 279 g/mol. The lowest BCUT2D eigenvalue weighted by molar-refractivity contribution is -0.134. The Kier molecular flexibility index (Phi) is 5.19. The van der Waals surface area contributed by atoms with E-state index < -0.39 is 12.6 Å². The van der Waals surface area contributed by atoms with Crippen LogP contribution in [-0.4, -0.2) is 28.7 Å². The van der Waals surface area contributed by atoms with Crippen LogP contribution in [0.3, 0.4) is 0 Å². The van der Waals surface area contributed by atoms with Gasteiger partial charge in [-0.05, 0) is 37.3 Å². The Labute approximate surface area is 123 Å². The van der Waals surface area contributed by atoms with Crippen LogP contribution in [0, 0.1) is 5.92 Å². The molecule has 21 heavy (non-hydrogen) atoms. The van der Waals surface area contributed by atoms with Crippen molar-refractivity contribution in [1.29, 1.82) is 0 Å². The number of nitrogens with zero attached hydrogens (tertiary/aromatic N) is 2. The smallest absolute Gasteiger partial charge is 0.314 e. The molecule has 6 heteroatoms. The van der Waals surface area contributed by atoms with Gasteiger partial charge in [0.1, 0.15) is 5.82 Å². The van der Waals surface area contributed by atoms with Crippen LogP contribution in [0.1, 0.15) is 43.8 Å². The third-order valence-electron chi connectivity index (χ3n) is 3.75. The van der Waals surface area contributed by atoms with Gasteiger partial charge in [-0.3, -0.25) is 0 Å². The van der Waals surface area contributed by atoms with Crippen LogP contribution in [0.4, 0.5) is 13.2 Å². The van der Waals surface area contributed by atoms with Crippen molar-refractivity contribution in [2.45, 2.75) is 58.2 Å². The quantitative estimate of drug-likeness (QED) is 0.908. The van der Waals surface area contributed by atoms with Gasteiger partial charge in [-0.25, -0.2) is 9.97 Å². The number of halogens is 3. The Morgan fingerprint density at radius 2 is 2.14 bits per heavy atom. The summed E-state index contributed by atoms with van der Waals surface area (Å²) in [5, 5.41) is 3.43. The summed E-state index contributed by atoms with van der Waals surface area (Å²) in [4.78, 5) is 8.41. The fraction of sp³-hybridized carbons (Fsp3) is 0.733. The highest BCUT2D eigenvalue weighted by atomic mass is 19.4. The number of aryl methyl sites for hydroxylation is 2. The SMILES string of the molecule is CC(C)NCC1CCc2nc(CCC(F)(F)F)ncc2C1. The van der Waals surface area contributed by atoms with Gasteiger partial charge >= 0.3 is 6.18 Å². The molecule has 2 rings (SSSR count). The van der Waals surface area contributed by atoms with E-state index >= 15 is 0 Å². The summed E-state index contributed by atoms with van der Waals surface area (Å²) in [6, 6.07) is 0.465. The summed E-state index contributed by atoms with van der Waals surface area (Å²) in [5.74, 6) is 0.870. The van der Waals surface area contributed by atoms with Crippen LogP contribution >= 0.6 is 0 Å². The highest BCUT2D eigenvalue weighted by molar-refractivity contribution is 5.21. The second kappa shape index (κ2) is 6.73. The van der Waals surface area contributed by atoms with Crippen molar-refractivity contribution in [2.24, 2.45) is 5.92 Å². The molecule has 0 fully saturated rings. The van der Waals surface area contributed by atoms with Crippen molar-refractivity contribution in [2.75, 3.05) is 6.54 Å². The van der Waals surface area contributed by atoms with Crippen molar-refractivity contribution < 1.29 is 13.2 Å². The normalized spacial score (nSPS) is 18.9. The topological polar surface area (TPSA) is 37.8 Å². The summed E-state index contributed by atoms with van der Waals surface area (Å²) in [6.45, 7) is 5.20. The van der Waals surface area contributed by atoms with E-state index in [-0.39, 0.29) is 6.42 Å². The van der Waals surface area contributed by atoms with E-state index in [9.17, 15) is 13.2 Å². The number of aromatic nitrogens is 2. The van der Waals surface area contributed by atoms with Gasteiger partial charge in [0.15, 0.2) is 0 Å². The molecule has 3 nitrogen and oxygen atoms in total. The molecule has 1 N–H and O–H groups in total. The van der Waals surface area contributed by atoms with Crippen LogP contribution in [0.2, 0.25) is 0 Å². The first-order valence-corrected chi connectivity index (χ1v) is 7.47. The predicted octanol–water partition coefficient (Wildman–Crippen LogP) is 3.07. The van der Waals surface area contributed by atoms with Gasteiger partial charge in [0.25, 0.3) is 0 Å². The Balaban J connectivity index is 1.94. The molecular formula is C15H22F3N3. The minimum Gasteiger partial charge on any atom is -0.314 e. The molecule has 1 unspecified atom stereocenters. The van der Waals surface area contributed by atoms with E-state index in [4.69, 9.17) is 0 Å². The number of alkyl halides is 3. The van der Waals surface area contributed by atoms with Crippen molar-refractivity contribution >= 4 is 0 Å². The van der Waals surface area contributed by atoms with E-state index in [0.29, 0.717) is 17.8 Å². The fourth-order valence-corrected chi connectivity index (χ4v) is 2.57. The predicted molar refractivity (Wildman–Crippen MR) is 75.1 cm³/mol. The monoisotopic (exact) mass is 301 g/mol. The van der Waals surface area contributed by atoms with Gasteiger partial charge in [-0.2, -0.15) is 13.2 Å². The second-order valence-electron chi connectivity index (χ2n) is 6.05. The van der Waals surface area contributed by atoms with Gasteiger partial charge in [-0.15, -0.1) is 0 Å². The molecule has 1 heterocycles. The summed E-state index contributed by atoms with van der Waals surface area (Å²) in [5.41, 5.74) is 2.02. The molecule has 0 bridgehead atoms. The maximum Gasteiger partial charge on any atom is 0.389 e. The molecule has 1 aliphatic rings. The largest absolute Gasteiger partial charge is 0.389 e. The van der Waals surface area contributed by atoms with Crippen LogP contribution in [-0.2, 0) is 19.3 Å². The van der Waals surface area contributed by atoms with Gasteiger partial charge < -0.3 is 5.32 Å². The standard InChI is InChI=1S/C15H22F3N3/c1-10(2)19-8-11-3-4-13-12(7-11)9-20-14(21-13)5-6-15(16,17)18/h9-11,19H,3-8H2,1-2H3. The van der Waals surface area contributed by atoms with E-state index in [1.807, 2.05) is 0 Å². The molecule has 1 atom stereocenters. The van der Waals surface area contributed by atoms with Gasteiger partial charge in [-0.1, -0.05) is 13.8 Å². The van der Waals surface area contributed by atoms with Crippen LogP contribution < -0.4 is 5.32 Å². The second-order valence-corrected chi connectivity index (χ2v) is 6.05. The molecule has 1 aromatic rings. The molecule has 0 spiro atoms. The lowest BCUT2D eigenvalue weighted by atomic mass is 9.87. The third-order valence-corrected chi connectivity index (χ3v) is 3.75. The molecule has 0 aliphatic heterocycles. The van der Waals surface area contributed by atoms with Gasteiger partial charge in [0, 0.05) is 24.4 Å². The minimum atomic E-state index is -4.15. The average molecular weight is 301 g/mol. The molecule has 0 amide bonds. The Hall–Kier alpha value is -1.17. The zero-order valence-electron chi connectivity index (χ0n) is 12.5. The van der Waals surface area contributed by atoms with Crippen molar-refractivity contribution in [3.8, 4) is 0 Å². The molecule has 0 saturated carbocycles. The molecule has 118 valence electrons. The van der Waals surface area contributed by atoms with Crippen LogP contribution in [0.25, 0.3) is 0 Å². The first-order valence-electron chi connectivity index (χ1n) is 7.47. The summed E-state index contributed by atoms with van der Waals surface area (Å²) in [6.07, 6.45) is -0.636. The van der Waals surface area contributed by atoms with Crippen LogP contribution in [0.5, 0.6) is 0 Å². The number of fused-ring (bicyclic) bond motifs is 1. The molecule has 1 aromatic heterocycles. The third kappa shape index (κ3) is 5.26. The summed E-state index contributed by atoms with van der Waals surface area (Å²) < 4.78 is 36.7. The Morgan fingerprint density at radius 1 is 1.38 bits per heavy atom. The highest BCUT2D eigenvalue weighted by Gasteiger charge is 2.27. The van der Waals surface area contributed by atoms with Crippen LogP contribution in [0.15, 0.2) is 6.20 Å². The van der Waals surface area contributed by atoms with E-state index in [1.54, 1.807) is 6.20 Å². The Morgan fingerprint density at radius 3 is 2.81 bits per heavy atom. The summed E-state index contributed by atoms with van der Waals surface area (Å²) in [7, 11) is 0.